The second-order valence-electron chi connectivity index (χ2n) is 3.79. The molecular weight excluding hydrogens is 219 g/mol. The van der Waals surface area contributed by atoms with E-state index in [1.165, 1.54) is 6.07 Å². The summed E-state index contributed by atoms with van der Waals surface area (Å²) < 4.78 is 37.4. The molecule has 1 N–H and O–H groups in total. The van der Waals surface area contributed by atoms with Crippen LogP contribution in [0.25, 0.3) is 0 Å². The summed E-state index contributed by atoms with van der Waals surface area (Å²) in [7, 11) is 3.42. The molecule has 1 aromatic rings. The summed E-state index contributed by atoms with van der Waals surface area (Å²) in [5.41, 5.74) is -0.229. The predicted octanol–water partition coefficient (Wildman–Crippen LogP) is 2.30. The van der Waals surface area contributed by atoms with Gasteiger partial charge in [0.2, 0.25) is 0 Å². The molecule has 1 rings (SSSR count). The van der Waals surface area contributed by atoms with E-state index in [0.717, 1.165) is 12.1 Å². The summed E-state index contributed by atoms with van der Waals surface area (Å²) in [6.07, 6.45) is -4.34. The van der Waals surface area contributed by atoms with Crippen molar-refractivity contribution in [2.24, 2.45) is 0 Å². The van der Waals surface area contributed by atoms with Gasteiger partial charge in [-0.1, -0.05) is 12.1 Å². The lowest BCUT2D eigenvalue weighted by molar-refractivity contribution is -0.137. The fraction of sp³-hybridized carbons (Fsp3) is 0.455. The summed E-state index contributed by atoms with van der Waals surface area (Å²) in [5.74, 6) is 0. The third-order valence-electron chi connectivity index (χ3n) is 2.40. The maximum atomic E-state index is 12.5. The number of rotatable bonds is 3. The minimum Gasteiger partial charge on any atom is -0.394 e. The van der Waals surface area contributed by atoms with Crippen LogP contribution >= 0.6 is 0 Å². The summed E-state index contributed by atoms with van der Waals surface area (Å²) in [6.45, 7) is -0.214. The average Bonchev–Trinajstić information content (AvgIpc) is 2.17. The minimum atomic E-state index is -4.34. The van der Waals surface area contributed by atoms with Gasteiger partial charge < -0.3 is 10.0 Å². The minimum absolute atomic E-state index is 0.214. The Hall–Kier alpha value is -1.07. The number of hydrogen-bond acceptors (Lipinski definition) is 2. The molecule has 0 fully saturated rings. The molecule has 0 heterocycles. The zero-order valence-corrected chi connectivity index (χ0v) is 9.12. The van der Waals surface area contributed by atoms with E-state index in [1.54, 1.807) is 25.1 Å². The highest BCUT2D eigenvalue weighted by Crippen LogP contribution is 2.31. The Kier molecular flexibility index (Phi) is 3.93. The van der Waals surface area contributed by atoms with Crippen molar-refractivity contribution in [1.29, 1.82) is 0 Å². The first-order valence-electron chi connectivity index (χ1n) is 4.80. The molecule has 0 aromatic heterocycles. The van der Waals surface area contributed by atoms with Gasteiger partial charge in [-0.05, 0) is 31.8 Å². The Morgan fingerprint density at radius 1 is 1.31 bits per heavy atom. The van der Waals surface area contributed by atoms with E-state index in [1.807, 2.05) is 0 Å². The molecule has 0 saturated heterocycles. The van der Waals surface area contributed by atoms with Gasteiger partial charge in [0.15, 0.2) is 0 Å². The van der Waals surface area contributed by atoms with Crippen LogP contribution in [0.2, 0.25) is 0 Å². The summed E-state index contributed by atoms with van der Waals surface area (Å²) in [6, 6.07) is 4.61. The number of benzene rings is 1. The molecule has 16 heavy (non-hydrogen) atoms. The van der Waals surface area contributed by atoms with Crippen LogP contribution in [0.1, 0.15) is 17.2 Å². The van der Waals surface area contributed by atoms with Crippen molar-refractivity contribution in [3.05, 3.63) is 35.4 Å². The van der Waals surface area contributed by atoms with Crippen molar-refractivity contribution in [1.82, 2.24) is 4.90 Å². The normalized spacial score (nSPS) is 14.2. The topological polar surface area (TPSA) is 23.5 Å². The molecule has 0 saturated carbocycles. The maximum Gasteiger partial charge on any atom is 0.416 e. The van der Waals surface area contributed by atoms with E-state index in [-0.39, 0.29) is 6.61 Å². The van der Waals surface area contributed by atoms with Crippen LogP contribution in [0.4, 0.5) is 13.2 Å². The van der Waals surface area contributed by atoms with E-state index in [0.29, 0.717) is 5.56 Å². The van der Waals surface area contributed by atoms with Crippen LogP contribution in [0.3, 0.4) is 0 Å². The number of aliphatic hydroxyl groups excluding tert-OH is 1. The predicted molar refractivity (Wildman–Crippen MR) is 55.0 cm³/mol. The van der Waals surface area contributed by atoms with Gasteiger partial charge in [0, 0.05) is 0 Å². The summed E-state index contributed by atoms with van der Waals surface area (Å²) in [5, 5.41) is 9.12. The molecule has 90 valence electrons. The van der Waals surface area contributed by atoms with Crippen LogP contribution in [0.5, 0.6) is 0 Å². The molecule has 0 aliphatic heterocycles. The van der Waals surface area contributed by atoms with Gasteiger partial charge in [0.1, 0.15) is 0 Å². The fourth-order valence-corrected chi connectivity index (χ4v) is 1.49. The Labute approximate surface area is 92.3 Å². The van der Waals surface area contributed by atoms with Crippen molar-refractivity contribution in [2.75, 3.05) is 20.7 Å². The number of alkyl halides is 3. The van der Waals surface area contributed by atoms with E-state index in [4.69, 9.17) is 5.11 Å². The molecule has 5 heteroatoms. The van der Waals surface area contributed by atoms with Crippen LogP contribution in [0.15, 0.2) is 24.3 Å². The molecule has 1 atom stereocenters. The van der Waals surface area contributed by atoms with Crippen LogP contribution < -0.4 is 0 Å². The lowest BCUT2D eigenvalue weighted by atomic mass is 10.0. The monoisotopic (exact) mass is 233 g/mol. The van der Waals surface area contributed by atoms with Crippen molar-refractivity contribution in [2.45, 2.75) is 12.2 Å². The molecule has 0 aliphatic carbocycles. The molecule has 0 bridgehead atoms. The quantitative estimate of drug-likeness (QED) is 0.865. The van der Waals surface area contributed by atoms with E-state index in [2.05, 4.69) is 0 Å². The SMILES string of the molecule is CN(C)[C@H](CO)c1cccc(C(F)(F)F)c1. The molecule has 2 nitrogen and oxygen atoms in total. The van der Waals surface area contributed by atoms with Gasteiger partial charge in [-0.2, -0.15) is 13.2 Å². The first kappa shape index (κ1) is 13.0. The number of nitrogens with zero attached hydrogens (tertiary/aromatic N) is 1. The number of likely N-dealkylation sites (N-methyl/N-ethyl adjacent to an activating group) is 1. The lowest BCUT2D eigenvalue weighted by Gasteiger charge is -2.23. The van der Waals surface area contributed by atoms with Gasteiger partial charge in [-0.25, -0.2) is 0 Å². The Morgan fingerprint density at radius 2 is 1.94 bits per heavy atom. The van der Waals surface area contributed by atoms with Gasteiger partial charge in [-0.15, -0.1) is 0 Å². The Bertz CT molecular complexity index is 349. The maximum absolute atomic E-state index is 12.5. The van der Waals surface area contributed by atoms with Crippen molar-refractivity contribution in [3.8, 4) is 0 Å². The van der Waals surface area contributed by atoms with Crippen molar-refractivity contribution >= 4 is 0 Å². The second kappa shape index (κ2) is 4.84. The van der Waals surface area contributed by atoms with Crippen LogP contribution in [0, 0.1) is 0 Å². The van der Waals surface area contributed by atoms with E-state index in [9.17, 15) is 13.2 Å². The smallest absolute Gasteiger partial charge is 0.394 e. The molecule has 0 spiro atoms. The molecule has 1 aromatic carbocycles. The molecule has 0 amide bonds. The molecule has 0 unspecified atom stereocenters. The first-order valence-corrected chi connectivity index (χ1v) is 4.80. The van der Waals surface area contributed by atoms with Crippen molar-refractivity contribution in [3.63, 3.8) is 0 Å². The van der Waals surface area contributed by atoms with Gasteiger partial charge >= 0.3 is 6.18 Å². The molecule has 0 radical (unpaired) electrons. The lowest BCUT2D eigenvalue weighted by Crippen LogP contribution is -2.23. The van der Waals surface area contributed by atoms with E-state index >= 15 is 0 Å². The number of hydrogen-bond donors (Lipinski definition) is 1. The number of halogens is 3. The van der Waals surface area contributed by atoms with Gasteiger partial charge in [0.05, 0.1) is 18.2 Å². The molecular formula is C11H14F3NO. The highest BCUT2D eigenvalue weighted by atomic mass is 19.4. The van der Waals surface area contributed by atoms with Crippen LogP contribution in [-0.2, 0) is 6.18 Å². The Morgan fingerprint density at radius 3 is 2.38 bits per heavy atom. The summed E-state index contributed by atoms with van der Waals surface area (Å²) >= 11 is 0. The fourth-order valence-electron chi connectivity index (χ4n) is 1.49. The van der Waals surface area contributed by atoms with Gasteiger partial charge in [0.25, 0.3) is 0 Å². The van der Waals surface area contributed by atoms with Crippen LogP contribution in [-0.4, -0.2) is 30.7 Å². The highest BCUT2D eigenvalue weighted by molar-refractivity contribution is 5.28. The molecule has 0 aliphatic rings. The van der Waals surface area contributed by atoms with E-state index < -0.39 is 17.8 Å². The zero-order valence-electron chi connectivity index (χ0n) is 9.12. The average molecular weight is 233 g/mol. The van der Waals surface area contributed by atoms with Gasteiger partial charge in [-0.3, -0.25) is 0 Å². The first-order chi connectivity index (χ1) is 7.36. The second-order valence-corrected chi connectivity index (χ2v) is 3.79. The third kappa shape index (κ3) is 2.96. The zero-order chi connectivity index (χ0) is 12.3. The third-order valence-corrected chi connectivity index (χ3v) is 2.40. The van der Waals surface area contributed by atoms with Crippen molar-refractivity contribution < 1.29 is 18.3 Å². The standard InChI is InChI=1S/C11H14F3NO/c1-15(2)10(7-16)8-4-3-5-9(6-8)11(12,13)14/h3-6,10,16H,7H2,1-2H3/t10-/m1/s1. The highest BCUT2D eigenvalue weighted by Gasteiger charge is 2.31. The number of aliphatic hydroxyl groups is 1. The summed E-state index contributed by atoms with van der Waals surface area (Å²) in [4.78, 5) is 1.68. The Balaban J connectivity index is 3.07. The largest absolute Gasteiger partial charge is 0.416 e.